The average Bonchev–Trinajstić information content (AvgIpc) is 2.59. The minimum atomic E-state index is 0.193. The molecule has 2 heterocycles. The highest BCUT2D eigenvalue weighted by Gasteiger charge is 2.20. The van der Waals surface area contributed by atoms with E-state index >= 15 is 0 Å². The average molecular weight is 354 g/mol. The third-order valence-corrected chi connectivity index (χ3v) is 5.06. The summed E-state index contributed by atoms with van der Waals surface area (Å²) in [7, 11) is 0. The summed E-state index contributed by atoms with van der Waals surface area (Å²) < 4.78 is 0. The van der Waals surface area contributed by atoms with Gasteiger partial charge in [0.25, 0.3) is 0 Å². The summed E-state index contributed by atoms with van der Waals surface area (Å²) in [5, 5.41) is 3.73. The Bertz CT molecular complexity index is 722. The number of rotatable bonds is 4. The predicted octanol–water partition coefficient (Wildman–Crippen LogP) is 3.42. The van der Waals surface area contributed by atoms with Gasteiger partial charge in [0.2, 0.25) is 5.95 Å². The summed E-state index contributed by atoms with van der Waals surface area (Å²) in [5.41, 5.74) is 9.66. The molecule has 0 aliphatic carbocycles. The number of aromatic nitrogens is 2. The molecule has 140 valence electrons. The molecule has 26 heavy (non-hydrogen) atoms. The van der Waals surface area contributed by atoms with Gasteiger partial charge in [-0.3, -0.25) is 0 Å². The molecule has 3 N–H and O–H groups in total. The van der Waals surface area contributed by atoms with Crippen LogP contribution in [0, 0.1) is 6.92 Å². The maximum absolute atomic E-state index is 5.79. The molecule has 1 aliphatic rings. The van der Waals surface area contributed by atoms with Crippen molar-refractivity contribution in [2.24, 2.45) is 0 Å². The van der Waals surface area contributed by atoms with Gasteiger partial charge < -0.3 is 16.0 Å². The Labute approximate surface area is 157 Å². The highest BCUT2D eigenvalue weighted by molar-refractivity contribution is 5.43. The van der Waals surface area contributed by atoms with Gasteiger partial charge in [-0.15, -0.1) is 0 Å². The Morgan fingerprint density at radius 3 is 2.54 bits per heavy atom. The van der Waals surface area contributed by atoms with E-state index in [2.05, 4.69) is 65.2 Å². The maximum atomic E-state index is 5.79. The SMILES string of the molecule is Cc1cc(N2CCC(NCc3cccc(C(C)(C)C)c3)CC2)nc(N)n1. The molecular weight excluding hydrogens is 322 g/mol. The lowest BCUT2D eigenvalue weighted by Crippen LogP contribution is -2.42. The zero-order valence-corrected chi connectivity index (χ0v) is 16.4. The molecule has 1 aromatic carbocycles. The number of nitrogens with one attached hydrogen (secondary N) is 1. The molecule has 1 aliphatic heterocycles. The summed E-state index contributed by atoms with van der Waals surface area (Å²) in [6, 6.07) is 11.5. The predicted molar refractivity (Wildman–Crippen MR) is 108 cm³/mol. The lowest BCUT2D eigenvalue weighted by Gasteiger charge is -2.33. The Hall–Kier alpha value is -2.14. The van der Waals surface area contributed by atoms with Crippen LogP contribution in [0.4, 0.5) is 11.8 Å². The standard InChI is InChI=1S/C21H31N5/c1-15-12-19(25-20(22)24-15)26-10-8-18(9-11-26)23-14-16-6-5-7-17(13-16)21(2,3)4/h5-7,12-13,18,23H,8-11,14H2,1-4H3,(H2,22,24,25). The van der Waals surface area contributed by atoms with Gasteiger partial charge in [0.1, 0.15) is 5.82 Å². The Morgan fingerprint density at radius 2 is 1.88 bits per heavy atom. The van der Waals surface area contributed by atoms with Gasteiger partial charge in [-0.05, 0) is 36.3 Å². The molecule has 0 bridgehead atoms. The molecule has 0 atom stereocenters. The molecule has 5 nitrogen and oxygen atoms in total. The summed E-state index contributed by atoms with van der Waals surface area (Å²) in [6.07, 6.45) is 2.23. The van der Waals surface area contributed by atoms with Crippen LogP contribution in [0.5, 0.6) is 0 Å². The first-order valence-electron chi connectivity index (χ1n) is 9.50. The van der Waals surface area contributed by atoms with E-state index in [9.17, 15) is 0 Å². The second kappa shape index (κ2) is 7.62. The molecule has 1 aromatic heterocycles. The molecule has 0 unspecified atom stereocenters. The molecule has 0 saturated carbocycles. The number of nitrogen functional groups attached to an aromatic ring is 1. The minimum absolute atomic E-state index is 0.193. The van der Waals surface area contributed by atoms with Gasteiger partial charge in [-0.2, -0.15) is 4.98 Å². The van der Waals surface area contributed by atoms with E-state index in [1.807, 2.05) is 13.0 Å². The summed E-state index contributed by atoms with van der Waals surface area (Å²) in [5.74, 6) is 1.31. The topological polar surface area (TPSA) is 67.1 Å². The van der Waals surface area contributed by atoms with E-state index in [0.29, 0.717) is 12.0 Å². The third-order valence-electron chi connectivity index (χ3n) is 5.06. The fourth-order valence-electron chi connectivity index (χ4n) is 3.46. The molecule has 2 aromatic rings. The number of nitrogens with zero attached hydrogens (tertiary/aromatic N) is 3. The van der Waals surface area contributed by atoms with Gasteiger partial charge in [0.05, 0.1) is 0 Å². The number of hydrogen-bond acceptors (Lipinski definition) is 5. The number of nitrogens with two attached hydrogens (primary N) is 1. The second-order valence-electron chi connectivity index (χ2n) is 8.32. The number of piperidine rings is 1. The maximum Gasteiger partial charge on any atom is 0.222 e. The Balaban J connectivity index is 1.53. The van der Waals surface area contributed by atoms with Crippen molar-refractivity contribution in [3.8, 4) is 0 Å². The molecule has 0 spiro atoms. The van der Waals surface area contributed by atoms with Crippen LogP contribution in [0.25, 0.3) is 0 Å². The van der Waals surface area contributed by atoms with Crippen molar-refractivity contribution in [2.45, 2.75) is 58.5 Å². The monoisotopic (exact) mass is 353 g/mol. The van der Waals surface area contributed by atoms with Crippen molar-refractivity contribution in [3.05, 3.63) is 47.2 Å². The first kappa shape index (κ1) is 18.6. The number of benzene rings is 1. The van der Waals surface area contributed by atoms with E-state index in [1.54, 1.807) is 0 Å². The molecule has 3 rings (SSSR count). The van der Waals surface area contributed by atoms with Crippen LogP contribution >= 0.6 is 0 Å². The number of aryl methyl sites for hydroxylation is 1. The van der Waals surface area contributed by atoms with Crippen molar-refractivity contribution >= 4 is 11.8 Å². The largest absolute Gasteiger partial charge is 0.368 e. The Kier molecular flexibility index (Phi) is 5.47. The second-order valence-corrected chi connectivity index (χ2v) is 8.32. The molecular formula is C21H31N5. The lowest BCUT2D eigenvalue weighted by molar-refractivity contribution is 0.412. The molecule has 1 saturated heterocycles. The fraction of sp³-hybridized carbons (Fsp3) is 0.524. The van der Waals surface area contributed by atoms with Crippen molar-refractivity contribution in [1.29, 1.82) is 0 Å². The highest BCUT2D eigenvalue weighted by atomic mass is 15.2. The Morgan fingerprint density at radius 1 is 1.15 bits per heavy atom. The van der Waals surface area contributed by atoms with Gasteiger partial charge in [0, 0.05) is 37.4 Å². The van der Waals surface area contributed by atoms with E-state index in [0.717, 1.165) is 44.0 Å². The zero-order chi connectivity index (χ0) is 18.7. The summed E-state index contributed by atoms with van der Waals surface area (Å²) in [4.78, 5) is 10.8. The van der Waals surface area contributed by atoms with Crippen LogP contribution in [0.2, 0.25) is 0 Å². The first-order chi connectivity index (χ1) is 12.3. The highest BCUT2D eigenvalue weighted by Crippen LogP contribution is 2.23. The van der Waals surface area contributed by atoms with Crippen LogP contribution in [-0.4, -0.2) is 29.1 Å². The van der Waals surface area contributed by atoms with Crippen LogP contribution in [0.3, 0.4) is 0 Å². The molecule has 0 radical (unpaired) electrons. The van der Waals surface area contributed by atoms with Crippen molar-refractivity contribution in [2.75, 3.05) is 23.7 Å². The van der Waals surface area contributed by atoms with Crippen LogP contribution in [-0.2, 0) is 12.0 Å². The normalized spacial score (nSPS) is 16.1. The molecule has 0 amide bonds. The van der Waals surface area contributed by atoms with Crippen molar-refractivity contribution in [1.82, 2.24) is 15.3 Å². The van der Waals surface area contributed by atoms with Gasteiger partial charge in [-0.1, -0.05) is 45.0 Å². The fourth-order valence-corrected chi connectivity index (χ4v) is 3.46. The van der Waals surface area contributed by atoms with Gasteiger partial charge >= 0.3 is 0 Å². The smallest absolute Gasteiger partial charge is 0.222 e. The minimum Gasteiger partial charge on any atom is -0.368 e. The zero-order valence-electron chi connectivity index (χ0n) is 16.4. The van der Waals surface area contributed by atoms with Crippen molar-refractivity contribution in [3.63, 3.8) is 0 Å². The van der Waals surface area contributed by atoms with Crippen LogP contribution < -0.4 is 16.0 Å². The van der Waals surface area contributed by atoms with E-state index in [1.165, 1.54) is 11.1 Å². The lowest BCUT2D eigenvalue weighted by atomic mass is 9.86. The van der Waals surface area contributed by atoms with Crippen LogP contribution in [0.15, 0.2) is 30.3 Å². The summed E-state index contributed by atoms with van der Waals surface area (Å²) in [6.45, 7) is 11.7. The van der Waals surface area contributed by atoms with E-state index in [-0.39, 0.29) is 5.41 Å². The van der Waals surface area contributed by atoms with Crippen molar-refractivity contribution < 1.29 is 0 Å². The molecule has 1 fully saturated rings. The van der Waals surface area contributed by atoms with E-state index in [4.69, 9.17) is 5.73 Å². The van der Waals surface area contributed by atoms with Gasteiger partial charge in [0.15, 0.2) is 0 Å². The third kappa shape index (κ3) is 4.73. The quantitative estimate of drug-likeness (QED) is 0.881. The summed E-state index contributed by atoms with van der Waals surface area (Å²) >= 11 is 0. The first-order valence-corrected chi connectivity index (χ1v) is 9.50. The van der Waals surface area contributed by atoms with Gasteiger partial charge in [-0.25, -0.2) is 4.98 Å². The number of hydrogen-bond donors (Lipinski definition) is 2. The number of anilines is 2. The molecule has 5 heteroatoms. The van der Waals surface area contributed by atoms with E-state index < -0.39 is 0 Å². The van der Waals surface area contributed by atoms with Crippen LogP contribution in [0.1, 0.15) is 50.4 Å².